The van der Waals surface area contributed by atoms with E-state index in [1.54, 1.807) is 6.20 Å². The number of aromatic nitrogens is 2. The van der Waals surface area contributed by atoms with Crippen molar-refractivity contribution < 1.29 is 4.92 Å². The van der Waals surface area contributed by atoms with E-state index in [9.17, 15) is 10.1 Å². The van der Waals surface area contributed by atoms with Gasteiger partial charge in [-0.1, -0.05) is 29.8 Å². The molecule has 0 amide bonds. The normalized spacial score (nSPS) is 10.7. The lowest BCUT2D eigenvalue weighted by atomic mass is 10.0. The molecule has 0 bridgehead atoms. The van der Waals surface area contributed by atoms with Crippen LogP contribution in [0.5, 0.6) is 0 Å². The van der Waals surface area contributed by atoms with Crippen LogP contribution in [0.2, 0.25) is 5.15 Å². The van der Waals surface area contributed by atoms with Gasteiger partial charge >= 0.3 is 0 Å². The lowest BCUT2D eigenvalue weighted by Gasteiger charge is -2.05. The summed E-state index contributed by atoms with van der Waals surface area (Å²) in [4.78, 5) is 18.8. The molecule has 1 aromatic carbocycles. The highest BCUT2D eigenvalue weighted by Gasteiger charge is 2.13. The number of fused-ring (bicyclic) bond motifs is 1. The summed E-state index contributed by atoms with van der Waals surface area (Å²) in [6, 6.07) is 11.9. The minimum absolute atomic E-state index is 0.0825. The van der Waals surface area contributed by atoms with E-state index in [2.05, 4.69) is 9.97 Å². The van der Waals surface area contributed by atoms with Crippen LogP contribution in [0.4, 0.5) is 5.69 Å². The maximum Gasteiger partial charge on any atom is 0.274 e. The Labute approximate surface area is 119 Å². The number of nitro groups is 1. The van der Waals surface area contributed by atoms with E-state index in [-0.39, 0.29) is 10.8 Å². The van der Waals surface area contributed by atoms with E-state index in [0.717, 1.165) is 16.5 Å². The van der Waals surface area contributed by atoms with Gasteiger partial charge in [-0.3, -0.25) is 15.1 Å². The highest BCUT2D eigenvalue weighted by atomic mass is 35.5. The quantitative estimate of drug-likeness (QED) is 0.407. The molecule has 0 unspecified atom stereocenters. The first-order chi connectivity index (χ1) is 9.65. The molecule has 5 nitrogen and oxygen atoms in total. The van der Waals surface area contributed by atoms with E-state index >= 15 is 0 Å². The number of halogens is 1. The summed E-state index contributed by atoms with van der Waals surface area (Å²) < 4.78 is 0. The molecule has 0 fully saturated rings. The van der Waals surface area contributed by atoms with Crippen molar-refractivity contribution in [3.8, 4) is 11.3 Å². The molecule has 0 spiro atoms. The van der Waals surface area contributed by atoms with Crippen LogP contribution >= 0.6 is 11.6 Å². The molecule has 3 rings (SSSR count). The van der Waals surface area contributed by atoms with Gasteiger partial charge in [0.25, 0.3) is 5.69 Å². The van der Waals surface area contributed by atoms with Crippen molar-refractivity contribution in [2.75, 3.05) is 0 Å². The van der Waals surface area contributed by atoms with E-state index in [0.29, 0.717) is 5.69 Å². The monoisotopic (exact) mass is 285 g/mol. The van der Waals surface area contributed by atoms with Crippen LogP contribution in [0.15, 0.2) is 48.7 Å². The van der Waals surface area contributed by atoms with Gasteiger partial charge in [0.05, 0.1) is 22.2 Å². The summed E-state index contributed by atoms with van der Waals surface area (Å²) in [6.07, 6.45) is 1.69. The zero-order valence-corrected chi connectivity index (χ0v) is 10.9. The second kappa shape index (κ2) is 4.86. The first kappa shape index (κ1) is 12.5. The number of pyridine rings is 2. The fourth-order valence-electron chi connectivity index (χ4n) is 2.05. The Morgan fingerprint density at radius 3 is 2.80 bits per heavy atom. The molecule has 98 valence electrons. The van der Waals surface area contributed by atoms with Crippen LogP contribution in [0.25, 0.3) is 22.2 Å². The second-order valence-corrected chi connectivity index (χ2v) is 4.55. The smallest absolute Gasteiger partial charge is 0.258 e. The van der Waals surface area contributed by atoms with Gasteiger partial charge in [0.2, 0.25) is 0 Å². The predicted molar refractivity (Wildman–Crippen MR) is 76.6 cm³/mol. The minimum Gasteiger partial charge on any atom is -0.258 e. The van der Waals surface area contributed by atoms with Crippen LogP contribution in [-0.4, -0.2) is 14.9 Å². The first-order valence-corrected chi connectivity index (χ1v) is 6.19. The first-order valence-electron chi connectivity index (χ1n) is 5.81. The van der Waals surface area contributed by atoms with Gasteiger partial charge in [-0.15, -0.1) is 0 Å². The molecule has 0 saturated carbocycles. The summed E-state index contributed by atoms with van der Waals surface area (Å²) >= 11 is 5.86. The van der Waals surface area contributed by atoms with Crippen molar-refractivity contribution in [1.29, 1.82) is 0 Å². The van der Waals surface area contributed by atoms with Gasteiger partial charge in [0.1, 0.15) is 5.15 Å². The van der Waals surface area contributed by atoms with Crippen LogP contribution < -0.4 is 0 Å². The molecular weight excluding hydrogens is 278 g/mol. The van der Waals surface area contributed by atoms with Gasteiger partial charge in [-0.05, 0) is 12.1 Å². The van der Waals surface area contributed by atoms with Crippen molar-refractivity contribution in [3.63, 3.8) is 0 Å². The molecule has 0 aliphatic rings. The lowest BCUT2D eigenvalue weighted by Crippen LogP contribution is -1.92. The number of nitrogens with zero attached hydrogens (tertiary/aromatic N) is 3. The summed E-state index contributed by atoms with van der Waals surface area (Å²) in [5.41, 5.74) is 1.94. The van der Waals surface area contributed by atoms with E-state index in [1.807, 2.05) is 30.3 Å². The molecular formula is C14H8ClN3O2. The maximum atomic E-state index is 10.9. The van der Waals surface area contributed by atoms with Gasteiger partial charge < -0.3 is 0 Å². The summed E-state index contributed by atoms with van der Waals surface area (Å²) in [5, 5.41) is 11.9. The fraction of sp³-hybridized carbons (Fsp3) is 0. The predicted octanol–water partition coefficient (Wildman–Crippen LogP) is 3.86. The molecule has 0 radical (unpaired) electrons. The van der Waals surface area contributed by atoms with Crippen molar-refractivity contribution in [2.24, 2.45) is 0 Å². The van der Waals surface area contributed by atoms with Crippen molar-refractivity contribution in [1.82, 2.24) is 9.97 Å². The van der Waals surface area contributed by atoms with Gasteiger partial charge in [-0.25, -0.2) is 4.98 Å². The van der Waals surface area contributed by atoms with E-state index in [4.69, 9.17) is 11.6 Å². The third-order valence-electron chi connectivity index (χ3n) is 2.91. The van der Waals surface area contributed by atoms with Crippen LogP contribution in [0, 0.1) is 10.1 Å². The molecule has 2 heterocycles. The summed E-state index contributed by atoms with van der Waals surface area (Å²) in [7, 11) is 0. The van der Waals surface area contributed by atoms with Crippen molar-refractivity contribution >= 4 is 28.2 Å². The summed E-state index contributed by atoms with van der Waals surface area (Å²) in [5.74, 6) is 0. The molecule has 0 aliphatic carbocycles. The average Bonchev–Trinajstić information content (AvgIpc) is 2.46. The molecule has 0 N–H and O–H groups in total. The zero-order valence-electron chi connectivity index (χ0n) is 10.2. The van der Waals surface area contributed by atoms with Crippen molar-refractivity contribution in [2.45, 2.75) is 0 Å². The number of hydrogen-bond donors (Lipinski definition) is 0. The average molecular weight is 286 g/mol. The fourth-order valence-corrected chi connectivity index (χ4v) is 2.26. The Morgan fingerprint density at radius 1 is 1.15 bits per heavy atom. The lowest BCUT2D eigenvalue weighted by molar-refractivity contribution is -0.384. The van der Waals surface area contributed by atoms with Gasteiger partial charge in [0, 0.05) is 23.2 Å². The Hall–Kier alpha value is -2.53. The molecule has 0 aliphatic heterocycles. The number of rotatable bonds is 2. The third kappa shape index (κ3) is 2.19. The van der Waals surface area contributed by atoms with Crippen LogP contribution in [-0.2, 0) is 0 Å². The maximum absolute atomic E-state index is 10.9. The Morgan fingerprint density at radius 2 is 2.00 bits per heavy atom. The largest absolute Gasteiger partial charge is 0.274 e. The standard InChI is InChI=1S/C14H8ClN3O2/c15-14-8-9(18(19)20)7-13(17-14)11-3-1-5-12-10(11)4-2-6-16-12/h1-8H. The highest BCUT2D eigenvalue weighted by Crippen LogP contribution is 2.30. The van der Waals surface area contributed by atoms with Crippen LogP contribution in [0.3, 0.4) is 0 Å². The molecule has 20 heavy (non-hydrogen) atoms. The van der Waals surface area contributed by atoms with Gasteiger partial charge in [-0.2, -0.15) is 0 Å². The molecule has 6 heteroatoms. The highest BCUT2D eigenvalue weighted by molar-refractivity contribution is 6.29. The third-order valence-corrected chi connectivity index (χ3v) is 3.10. The molecule has 0 saturated heterocycles. The molecule has 3 aromatic rings. The van der Waals surface area contributed by atoms with E-state index < -0.39 is 4.92 Å². The van der Waals surface area contributed by atoms with E-state index in [1.165, 1.54) is 12.1 Å². The number of hydrogen-bond acceptors (Lipinski definition) is 4. The SMILES string of the molecule is O=[N+]([O-])c1cc(Cl)nc(-c2cccc3ncccc23)c1. The molecule has 2 aromatic heterocycles. The zero-order chi connectivity index (χ0) is 14.1. The minimum atomic E-state index is -0.486. The number of benzene rings is 1. The Kier molecular flexibility index (Phi) is 3.04. The van der Waals surface area contributed by atoms with Crippen molar-refractivity contribution in [3.05, 3.63) is 63.9 Å². The Balaban J connectivity index is 2.28. The molecule has 0 atom stereocenters. The second-order valence-electron chi connectivity index (χ2n) is 4.17. The topological polar surface area (TPSA) is 68.9 Å². The summed E-state index contributed by atoms with van der Waals surface area (Å²) in [6.45, 7) is 0. The van der Waals surface area contributed by atoms with Gasteiger partial charge in [0.15, 0.2) is 0 Å². The Bertz CT molecular complexity index is 815. The van der Waals surface area contributed by atoms with Crippen LogP contribution in [0.1, 0.15) is 0 Å².